The Labute approximate surface area is 129 Å². The average Bonchev–Trinajstić information content (AvgIpc) is 2.48. The molecule has 0 heterocycles. The number of halogens is 1. The van der Waals surface area contributed by atoms with E-state index >= 15 is 0 Å². The van der Waals surface area contributed by atoms with E-state index in [2.05, 4.69) is 0 Å². The van der Waals surface area contributed by atoms with Crippen molar-refractivity contribution in [1.29, 1.82) is 0 Å². The maximum absolute atomic E-state index is 12.4. The lowest BCUT2D eigenvalue weighted by atomic mass is 10.1. The quantitative estimate of drug-likeness (QED) is 0.883. The minimum Gasteiger partial charge on any atom is -0.497 e. The summed E-state index contributed by atoms with van der Waals surface area (Å²) < 4.78 is 5.08. The first kappa shape index (κ1) is 15.2. The van der Waals surface area contributed by atoms with E-state index in [0.29, 0.717) is 28.6 Å². The summed E-state index contributed by atoms with van der Waals surface area (Å²) in [6, 6.07) is 12.4. The number of hydrogen-bond donors (Lipinski definition) is 1. The molecule has 110 valence electrons. The molecule has 4 nitrogen and oxygen atoms in total. The van der Waals surface area contributed by atoms with Crippen LogP contribution in [0.5, 0.6) is 5.75 Å². The highest BCUT2D eigenvalue weighted by Gasteiger charge is 2.15. The zero-order valence-corrected chi connectivity index (χ0v) is 12.7. The highest BCUT2D eigenvalue weighted by Crippen LogP contribution is 2.21. The summed E-state index contributed by atoms with van der Waals surface area (Å²) in [7, 11) is 3.30. The second kappa shape index (κ2) is 6.50. The Kier molecular flexibility index (Phi) is 4.70. The number of hydrogen-bond acceptors (Lipinski definition) is 3. The van der Waals surface area contributed by atoms with Crippen LogP contribution in [0.25, 0.3) is 0 Å². The van der Waals surface area contributed by atoms with Crippen LogP contribution in [0.15, 0.2) is 42.5 Å². The maximum Gasteiger partial charge on any atom is 0.255 e. The third kappa shape index (κ3) is 3.67. The number of carbonyl (C=O) groups excluding carboxylic acids is 1. The molecule has 0 atom stereocenters. The van der Waals surface area contributed by atoms with E-state index < -0.39 is 0 Å². The van der Waals surface area contributed by atoms with Crippen molar-refractivity contribution < 1.29 is 9.53 Å². The number of carbonyl (C=O) groups is 1. The molecule has 0 unspecified atom stereocenters. The van der Waals surface area contributed by atoms with Crippen LogP contribution in [0.4, 0.5) is 5.69 Å². The third-order valence-electron chi connectivity index (χ3n) is 3.17. The second-order valence-electron chi connectivity index (χ2n) is 4.74. The maximum atomic E-state index is 12.4. The van der Waals surface area contributed by atoms with E-state index in [1.165, 1.54) is 0 Å². The van der Waals surface area contributed by atoms with Gasteiger partial charge in [0.2, 0.25) is 0 Å². The Bertz CT molecular complexity index is 641. The molecule has 5 heteroatoms. The predicted octanol–water partition coefficient (Wildman–Crippen LogP) is 3.20. The van der Waals surface area contributed by atoms with Crippen molar-refractivity contribution in [3.63, 3.8) is 0 Å². The Morgan fingerprint density at radius 2 is 1.90 bits per heavy atom. The van der Waals surface area contributed by atoms with Gasteiger partial charge in [-0.2, -0.15) is 0 Å². The van der Waals surface area contributed by atoms with E-state index in [0.717, 1.165) is 5.56 Å². The van der Waals surface area contributed by atoms with Gasteiger partial charge in [-0.15, -0.1) is 0 Å². The molecule has 2 aromatic rings. The summed E-state index contributed by atoms with van der Waals surface area (Å²) in [6.07, 6.45) is 0. The summed E-state index contributed by atoms with van der Waals surface area (Å²) in [5, 5.41) is 0.673. The van der Waals surface area contributed by atoms with Crippen molar-refractivity contribution in [2.75, 3.05) is 19.9 Å². The SMILES string of the molecule is COc1ccc(C(=O)N(C)Cc2ccc(Cl)cc2)c(N)c1. The lowest BCUT2D eigenvalue weighted by molar-refractivity contribution is 0.0786. The number of rotatable bonds is 4. The van der Waals surface area contributed by atoms with Crippen molar-refractivity contribution >= 4 is 23.2 Å². The normalized spacial score (nSPS) is 10.2. The van der Waals surface area contributed by atoms with Gasteiger partial charge >= 0.3 is 0 Å². The summed E-state index contributed by atoms with van der Waals surface area (Å²) in [6.45, 7) is 0.488. The van der Waals surface area contributed by atoms with Crippen molar-refractivity contribution in [2.24, 2.45) is 0 Å². The number of methoxy groups -OCH3 is 1. The number of benzene rings is 2. The Balaban J connectivity index is 2.13. The fourth-order valence-corrected chi connectivity index (χ4v) is 2.13. The van der Waals surface area contributed by atoms with Crippen LogP contribution in [-0.2, 0) is 6.54 Å². The molecule has 0 aliphatic rings. The smallest absolute Gasteiger partial charge is 0.255 e. The minimum atomic E-state index is -0.134. The van der Waals surface area contributed by atoms with Gasteiger partial charge in [-0.3, -0.25) is 4.79 Å². The number of nitrogens with zero attached hydrogens (tertiary/aromatic N) is 1. The highest BCUT2D eigenvalue weighted by atomic mass is 35.5. The van der Waals surface area contributed by atoms with Crippen LogP contribution in [0.3, 0.4) is 0 Å². The van der Waals surface area contributed by atoms with E-state index in [1.807, 2.05) is 12.1 Å². The van der Waals surface area contributed by atoms with Gasteiger partial charge < -0.3 is 15.4 Å². The molecule has 0 spiro atoms. The predicted molar refractivity (Wildman–Crippen MR) is 84.7 cm³/mol. The molecule has 0 fully saturated rings. The van der Waals surface area contributed by atoms with Gasteiger partial charge in [-0.25, -0.2) is 0 Å². The molecule has 0 saturated heterocycles. The van der Waals surface area contributed by atoms with Crippen molar-refractivity contribution in [3.05, 3.63) is 58.6 Å². The van der Waals surface area contributed by atoms with E-state index in [4.69, 9.17) is 22.1 Å². The van der Waals surface area contributed by atoms with Crippen LogP contribution >= 0.6 is 11.6 Å². The summed E-state index contributed by atoms with van der Waals surface area (Å²) in [5.41, 5.74) is 7.78. The fraction of sp³-hybridized carbons (Fsp3) is 0.188. The Hall–Kier alpha value is -2.20. The third-order valence-corrected chi connectivity index (χ3v) is 3.42. The van der Waals surface area contributed by atoms with Gasteiger partial charge in [-0.1, -0.05) is 23.7 Å². The van der Waals surface area contributed by atoms with Gasteiger partial charge in [-0.05, 0) is 29.8 Å². The van der Waals surface area contributed by atoms with Crippen LogP contribution < -0.4 is 10.5 Å². The zero-order chi connectivity index (χ0) is 15.4. The number of ether oxygens (including phenoxy) is 1. The lowest BCUT2D eigenvalue weighted by Crippen LogP contribution is -2.26. The monoisotopic (exact) mass is 304 g/mol. The molecule has 2 rings (SSSR count). The number of anilines is 1. The Morgan fingerprint density at radius 3 is 2.48 bits per heavy atom. The number of amides is 1. The molecule has 21 heavy (non-hydrogen) atoms. The largest absolute Gasteiger partial charge is 0.497 e. The molecular weight excluding hydrogens is 288 g/mol. The van der Waals surface area contributed by atoms with Crippen LogP contribution in [0.1, 0.15) is 15.9 Å². The van der Waals surface area contributed by atoms with Crippen molar-refractivity contribution in [3.8, 4) is 5.75 Å². The number of nitrogens with two attached hydrogens (primary N) is 1. The minimum absolute atomic E-state index is 0.134. The molecule has 2 N–H and O–H groups in total. The van der Waals surface area contributed by atoms with Gasteiger partial charge in [0.1, 0.15) is 5.75 Å². The second-order valence-corrected chi connectivity index (χ2v) is 5.18. The Morgan fingerprint density at radius 1 is 1.24 bits per heavy atom. The first-order chi connectivity index (χ1) is 10.0. The molecule has 0 aliphatic carbocycles. The van der Waals surface area contributed by atoms with Crippen LogP contribution in [-0.4, -0.2) is 25.0 Å². The van der Waals surface area contributed by atoms with Crippen LogP contribution in [0.2, 0.25) is 5.02 Å². The van der Waals surface area contributed by atoms with E-state index in [9.17, 15) is 4.79 Å². The van der Waals surface area contributed by atoms with Gasteiger partial charge in [0, 0.05) is 30.4 Å². The first-order valence-electron chi connectivity index (χ1n) is 6.44. The number of nitrogen functional groups attached to an aromatic ring is 1. The topological polar surface area (TPSA) is 55.6 Å². The summed E-state index contributed by atoms with van der Waals surface area (Å²) >= 11 is 5.85. The molecular formula is C16H17ClN2O2. The zero-order valence-electron chi connectivity index (χ0n) is 12.0. The van der Waals surface area contributed by atoms with E-state index in [1.54, 1.807) is 49.4 Å². The summed E-state index contributed by atoms with van der Waals surface area (Å²) in [5.74, 6) is 0.495. The summed E-state index contributed by atoms with van der Waals surface area (Å²) in [4.78, 5) is 14.0. The van der Waals surface area contributed by atoms with Gasteiger partial charge in [0.15, 0.2) is 0 Å². The molecule has 2 aromatic carbocycles. The highest BCUT2D eigenvalue weighted by molar-refractivity contribution is 6.30. The van der Waals surface area contributed by atoms with E-state index in [-0.39, 0.29) is 5.91 Å². The lowest BCUT2D eigenvalue weighted by Gasteiger charge is -2.18. The van der Waals surface area contributed by atoms with Crippen LogP contribution in [0, 0.1) is 0 Å². The van der Waals surface area contributed by atoms with Gasteiger partial charge in [0.05, 0.1) is 12.7 Å². The van der Waals surface area contributed by atoms with Crippen molar-refractivity contribution in [2.45, 2.75) is 6.54 Å². The van der Waals surface area contributed by atoms with Crippen molar-refractivity contribution in [1.82, 2.24) is 4.90 Å². The molecule has 0 radical (unpaired) electrons. The molecule has 0 aromatic heterocycles. The van der Waals surface area contributed by atoms with Gasteiger partial charge in [0.25, 0.3) is 5.91 Å². The molecule has 0 aliphatic heterocycles. The molecule has 0 bridgehead atoms. The molecule has 1 amide bonds. The average molecular weight is 305 g/mol. The first-order valence-corrected chi connectivity index (χ1v) is 6.82. The fourth-order valence-electron chi connectivity index (χ4n) is 2.00. The standard InChI is InChI=1S/C16H17ClN2O2/c1-19(10-11-3-5-12(17)6-4-11)16(20)14-8-7-13(21-2)9-15(14)18/h3-9H,10,18H2,1-2H3. The molecule has 0 saturated carbocycles.